The van der Waals surface area contributed by atoms with Crippen LogP contribution in [0.2, 0.25) is 0 Å². The van der Waals surface area contributed by atoms with E-state index in [-0.39, 0.29) is 11.3 Å². The van der Waals surface area contributed by atoms with Crippen LogP contribution < -0.4 is 14.8 Å². The lowest BCUT2D eigenvalue weighted by atomic mass is 9.78. The number of benzene rings is 2. The summed E-state index contributed by atoms with van der Waals surface area (Å²) in [6, 6.07) is 14.0. The minimum absolute atomic E-state index is 0.00572. The number of carbonyl (C=O) groups is 1. The summed E-state index contributed by atoms with van der Waals surface area (Å²) >= 11 is 0. The third-order valence-electron chi connectivity index (χ3n) is 5.62. The molecule has 1 aliphatic carbocycles. The molecule has 1 saturated carbocycles. The molecule has 0 unspecified atom stereocenters. The second kappa shape index (κ2) is 7.02. The van der Waals surface area contributed by atoms with E-state index >= 15 is 0 Å². The lowest BCUT2D eigenvalue weighted by Crippen LogP contribution is -2.39. The Kier molecular flexibility index (Phi) is 4.58. The smallest absolute Gasteiger partial charge is 0.251 e. The van der Waals surface area contributed by atoms with E-state index in [4.69, 9.17) is 9.47 Å². The fourth-order valence-electron chi connectivity index (χ4n) is 4.05. The lowest BCUT2D eigenvalue weighted by molar-refractivity contribution is 0.0943. The Morgan fingerprint density at radius 2 is 1.69 bits per heavy atom. The van der Waals surface area contributed by atoms with Crippen molar-refractivity contribution in [3.8, 4) is 11.5 Å². The zero-order valence-corrected chi connectivity index (χ0v) is 15.2. The lowest BCUT2D eigenvalue weighted by Gasteiger charge is -2.31. The molecule has 1 fully saturated rings. The van der Waals surface area contributed by atoms with Gasteiger partial charge >= 0.3 is 0 Å². The molecule has 26 heavy (non-hydrogen) atoms. The SMILES string of the molecule is Cc1ccc(C(=O)NCC2(c3ccc4c(c3)OCCO4)CCCC2)cc1. The Balaban J connectivity index is 1.53. The van der Waals surface area contributed by atoms with Crippen LogP contribution >= 0.6 is 0 Å². The highest BCUT2D eigenvalue weighted by Crippen LogP contribution is 2.43. The van der Waals surface area contributed by atoms with Gasteiger partial charge in [-0.1, -0.05) is 36.6 Å². The zero-order chi connectivity index (χ0) is 18.0. The first-order chi connectivity index (χ1) is 12.7. The third kappa shape index (κ3) is 3.28. The van der Waals surface area contributed by atoms with Crippen LogP contribution in [0.25, 0.3) is 0 Å². The predicted molar refractivity (Wildman–Crippen MR) is 101 cm³/mol. The van der Waals surface area contributed by atoms with E-state index in [0.717, 1.165) is 29.9 Å². The first-order valence-corrected chi connectivity index (χ1v) is 9.41. The molecule has 0 saturated heterocycles. The van der Waals surface area contributed by atoms with Gasteiger partial charge in [0.2, 0.25) is 0 Å². The van der Waals surface area contributed by atoms with Crippen molar-refractivity contribution in [2.75, 3.05) is 19.8 Å². The summed E-state index contributed by atoms with van der Waals surface area (Å²) in [6.45, 7) is 3.87. The van der Waals surface area contributed by atoms with Crippen LogP contribution in [0.4, 0.5) is 0 Å². The number of hydrogen-bond donors (Lipinski definition) is 1. The third-order valence-corrected chi connectivity index (χ3v) is 5.62. The maximum Gasteiger partial charge on any atom is 0.251 e. The van der Waals surface area contributed by atoms with Crippen molar-refractivity contribution in [1.82, 2.24) is 5.32 Å². The van der Waals surface area contributed by atoms with Crippen LogP contribution in [0, 0.1) is 6.92 Å². The van der Waals surface area contributed by atoms with Gasteiger partial charge in [-0.15, -0.1) is 0 Å². The molecule has 136 valence electrons. The Morgan fingerprint density at radius 1 is 1.00 bits per heavy atom. The molecule has 0 radical (unpaired) electrons. The first kappa shape index (κ1) is 17.0. The normalized spacial score (nSPS) is 17.7. The van der Waals surface area contributed by atoms with E-state index in [1.54, 1.807) is 0 Å². The van der Waals surface area contributed by atoms with Crippen molar-refractivity contribution in [3.05, 3.63) is 59.2 Å². The summed E-state index contributed by atoms with van der Waals surface area (Å²) in [5, 5.41) is 3.17. The van der Waals surface area contributed by atoms with Crippen LogP contribution in [0.3, 0.4) is 0 Å². The minimum Gasteiger partial charge on any atom is -0.486 e. The van der Waals surface area contributed by atoms with Crippen molar-refractivity contribution in [1.29, 1.82) is 0 Å². The Hall–Kier alpha value is -2.49. The highest BCUT2D eigenvalue weighted by molar-refractivity contribution is 5.94. The minimum atomic E-state index is -0.0177. The zero-order valence-electron chi connectivity index (χ0n) is 15.2. The highest BCUT2D eigenvalue weighted by atomic mass is 16.6. The van der Waals surface area contributed by atoms with Gasteiger partial charge in [-0.3, -0.25) is 4.79 Å². The summed E-state index contributed by atoms with van der Waals surface area (Å²) in [5.74, 6) is 1.63. The van der Waals surface area contributed by atoms with E-state index in [9.17, 15) is 4.79 Å². The van der Waals surface area contributed by atoms with E-state index in [2.05, 4.69) is 17.4 Å². The number of aryl methyl sites for hydroxylation is 1. The fourth-order valence-corrected chi connectivity index (χ4v) is 4.05. The monoisotopic (exact) mass is 351 g/mol. The van der Waals surface area contributed by atoms with E-state index in [0.29, 0.717) is 25.3 Å². The van der Waals surface area contributed by atoms with Crippen molar-refractivity contribution < 1.29 is 14.3 Å². The molecule has 1 N–H and O–H groups in total. The molecular formula is C22H25NO3. The number of amides is 1. The number of carbonyl (C=O) groups excluding carboxylic acids is 1. The maximum absolute atomic E-state index is 12.6. The van der Waals surface area contributed by atoms with E-state index in [1.807, 2.05) is 37.3 Å². The number of ether oxygens (including phenoxy) is 2. The van der Waals surface area contributed by atoms with Gasteiger partial charge in [-0.25, -0.2) is 0 Å². The molecule has 0 spiro atoms. The maximum atomic E-state index is 12.6. The molecule has 4 rings (SSSR count). The molecule has 0 atom stereocenters. The molecule has 1 aliphatic heterocycles. The average Bonchev–Trinajstić information content (AvgIpc) is 3.16. The van der Waals surface area contributed by atoms with Gasteiger partial charge in [0.25, 0.3) is 5.91 Å². The van der Waals surface area contributed by atoms with Gasteiger partial charge in [-0.05, 0) is 49.6 Å². The van der Waals surface area contributed by atoms with Crippen LogP contribution in [0.1, 0.15) is 47.2 Å². The molecular weight excluding hydrogens is 326 g/mol. The molecule has 4 heteroatoms. The number of fused-ring (bicyclic) bond motifs is 1. The van der Waals surface area contributed by atoms with E-state index in [1.165, 1.54) is 18.4 Å². The van der Waals surface area contributed by atoms with Gasteiger partial charge < -0.3 is 14.8 Å². The number of rotatable bonds is 4. The molecule has 2 aromatic carbocycles. The summed E-state index contributed by atoms with van der Waals surface area (Å²) in [4.78, 5) is 12.6. The van der Waals surface area contributed by atoms with Gasteiger partial charge in [0.15, 0.2) is 11.5 Å². The molecule has 0 bridgehead atoms. The standard InChI is InChI=1S/C22H25NO3/c1-16-4-6-17(7-5-16)21(24)23-15-22(10-2-3-11-22)18-8-9-19-20(14-18)26-13-12-25-19/h4-9,14H,2-3,10-13,15H2,1H3,(H,23,24). The summed E-state index contributed by atoms with van der Waals surface area (Å²) in [5.41, 5.74) is 3.09. The average molecular weight is 351 g/mol. The molecule has 2 aliphatic rings. The highest BCUT2D eigenvalue weighted by Gasteiger charge is 2.36. The largest absolute Gasteiger partial charge is 0.486 e. The van der Waals surface area contributed by atoms with Crippen LogP contribution in [-0.4, -0.2) is 25.7 Å². The van der Waals surface area contributed by atoms with Crippen LogP contribution in [0.15, 0.2) is 42.5 Å². The van der Waals surface area contributed by atoms with Crippen molar-refractivity contribution >= 4 is 5.91 Å². The van der Waals surface area contributed by atoms with Crippen LogP contribution in [-0.2, 0) is 5.41 Å². The summed E-state index contributed by atoms with van der Waals surface area (Å²) in [6.07, 6.45) is 4.55. The van der Waals surface area contributed by atoms with E-state index < -0.39 is 0 Å². The Labute approximate surface area is 154 Å². The van der Waals surface area contributed by atoms with Crippen molar-refractivity contribution in [2.24, 2.45) is 0 Å². The van der Waals surface area contributed by atoms with Crippen molar-refractivity contribution in [2.45, 2.75) is 38.0 Å². The van der Waals surface area contributed by atoms with Gasteiger partial charge in [-0.2, -0.15) is 0 Å². The topological polar surface area (TPSA) is 47.6 Å². The Bertz CT molecular complexity index is 792. The van der Waals surface area contributed by atoms with Gasteiger partial charge in [0.1, 0.15) is 13.2 Å². The summed E-state index contributed by atoms with van der Waals surface area (Å²) in [7, 11) is 0. The molecule has 2 aromatic rings. The predicted octanol–water partition coefficient (Wildman–Crippen LogP) is 4.01. The van der Waals surface area contributed by atoms with Gasteiger partial charge in [0, 0.05) is 17.5 Å². The van der Waals surface area contributed by atoms with Crippen LogP contribution in [0.5, 0.6) is 11.5 Å². The molecule has 1 amide bonds. The second-order valence-corrected chi connectivity index (χ2v) is 7.39. The summed E-state index contributed by atoms with van der Waals surface area (Å²) < 4.78 is 11.4. The molecule has 1 heterocycles. The number of nitrogens with one attached hydrogen (secondary N) is 1. The van der Waals surface area contributed by atoms with Gasteiger partial charge in [0.05, 0.1) is 0 Å². The Morgan fingerprint density at radius 3 is 2.42 bits per heavy atom. The molecule has 0 aromatic heterocycles. The quantitative estimate of drug-likeness (QED) is 0.905. The molecule has 4 nitrogen and oxygen atoms in total. The first-order valence-electron chi connectivity index (χ1n) is 9.41. The fraction of sp³-hybridized carbons (Fsp3) is 0.409. The van der Waals surface area contributed by atoms with Crippen molar-refractivity contribution in [3.63, 3.8) is 0 Å². The number of hydrogen-bond acceptors (Lipinski definition) is 3. The second-order valence-electron chi connectivity index (χ2n) is 7.39.